The normalized spacial score (nSPS) is 13.9. The molecule has 0 spiro atoms. The van der Waals surface area contributed by atoms with E-state index in [1.165, 1.54) is 0 Å². The number of nitrogens with zero attached hydrogens (tertiary/aromatic N) is 2. The summed E-state index contributed by atoms with van der Waals surface area (Å²) >= 11 is 6.30. The number of guanidine groups is 2. The second-order valence-electron chi connectivity index (χ2n) is 13.6. The molecule has 5 atom stereocenters. The quantitative estimate of drug-likeness (QED) is 0.0113. The van der Waals surface area contributed by atoms with Crippen LogP contribution in [0.5, 0.6) is 0 Å². The summed E-state index contributed by atoms with van der Waals surface area (Å²) in [4.78, 5) is 87.1. The summed E-state index contributed by atoms with van der Waals surface area (Å²) < 4.78 is 0. The number of Topliss-reactive ketones (excluding diaryl/α,β-unsaturated/α-hetero) is 3. The van der Waals surface area contributed by atoms with Crippen molar-refractivity contribution < 1.29 is 28.8 Å². The third kappa shape index (κ3) is 22.1. The molecule has 0 aliphatic rings. The van der Waals surface area contributed by atoms with Crippen LogP contribution >= 0.6 is 11.6 Å². The smallest absolute Gasteiger partial charge is 0.243 e. The maximum absolute atomic E-state index is 13.7. The number of carbonyl (C=O) groups excluding carboxylic acids is 6. The van der Waals surface area contributed by atoms with Gasteiger partial charge in [-0.15, -0.1) is 11.6 Å². The number of hydrogen-bond donors (Lipinski definition) is 9. The van der Waals surface area contributed by atoms with Crippen molar-refractivity contribution in [1.82, 2.24) is 16.0 Å². The molecule has 0 heterocycles. The number of nitrogens with two attached hydrogens (primary N) is 6. The van der Waals surface area contributed by atoms with E-state index in [0.717, 1.165) is 38.5 Å². The topological polar surface area (TPSA) is 319 Å². The number of halogens is 1. The summed E-state index contributed by atoms with van der Waals surface area (Å²) in [6, 6.07) is -4.46. The monoisotopic (exact) mass is 771 g/mol. The molecule has 0 bridgehead atoms. The summed E-state index contributed by atoms with van der Waals surface area (Å²) in [6.07, 6.45) is 8.64. The van der Waals surface area contributed by atoms with Crippen LogP contribution in [0.15, 0.2) is 9.98 Å². The Morgan fingerprint density at radius 1 is 0.642 bits per heavy atom. The lowest BCUT2D eigenvalue weighted by atomic mass is 9.97. The Hall–Kier alpha value is -3.83. The Balaban J connectivity index is 5.87. The molecule has 0 aliphatic heterocycles. The molecule has 0 aromatic carbocycles. The second-order valence-corrected chi connectivity index (χ2v) is 14.0. The molecule has 0 fully saturated rings. The van der Waals surface area contributed by atoms with Crippen LogP contribution in [-0.4, -0.2) is 96.2 Å². The minimum atomic E-state index is -1.82. The fourth-order valence-electron chi connectivity index (χ4n) is 5.34. The predicted octanol–water partition coefficient (Wildman–Crippen LogP) is 0.116. The van der Waals surface area contributed by atoms with Crippen molar-refractivity contribution in [3.05, 3.63) is 0 Å². The van der Waals surface area contributed by atoms with Gasteiger partial charge in [0.05, 0.1) is 12.1 Å². The van der Waals surface area contributed by atoms with Crippen LogP contribution in [0.4, 0.5) is 0 Å². The van der Waals surface area contributed by atoms with Crippen molar-refractivity contribution in [2.24, 2.45) is 50.3 Å². The van der Waals surface area contributed by atoms with Crippen LogP contribution in [0.3, 0.4) is 0 Å². The fraction of sp³-hybridized carbons (Fsp3) is 0.771. The van der Waals surface area contributed by atoms with Crippen molar-refractivity contribution in [3.8, 4) is 0 Å². The Labute approximate surface area is 319 Å². The number of aliphatic imine (C=N–C) groups is 2. The maximum Gasteiger partial charge on any atom is 0.243 e. The molecule has 3 amide bonds. The molecule has 17 nitrogen and oxygen atoms in total. The molecule has 0 rings (SSSR count). The zero-order chi connectivity index (χ0) is 40.3. The Morgan fingerprint density at radius 2 is 1.17 bits per heavy atom. The van der Waals surface area contributed by atoms with Crippen molar-refractivity contribution >= 4 is 58.6 Å². The number of rotatable bonds is 31. The van der Waals surface area contributed by atoms with Crippen LogP contribution in [0.25, 0.3) is 0 Å². The van der Waals surface area contributed by atoms with Gasteiger partial charge in [-0.25, -0.2) is 0 Å². The van der Waals surface area contributed by atoms with Crippen LogP contribution in [0.1, 0.15) is 117 Å². The first-order chi connectivity index (χ1) is 25.1. The molecule has 1 unspecified atom stereocenters. The number of ketones is 3. The van der Waals surface area contributed by atoms with Gasteiger partial charge in [0.15, 0.2) is 28.9 Å². The van der Waals surface area contributed by atoms with Crippen LogP contribution < -0.4 is 50.4 Å². The van der Waals surface area contributed by atoms with E-state index in [1.54, 1.807) is 13.8 Å². The van der Waals surface area contributed by atoms with Crippen LogP contribution in [-0.2, 0) is 28.8 Å². The molecule has 0 saturated heterocycles. The van der Waals surface area contributed by atoms with Gasteiger partial charge in [-0.1, -0.05) is 59.3 Å². The second kappa shape index (κ2) is 28.6. The highest BCUT2D eigenvalue weighted by Gasteiger charge is 2.36. The van der Waals surface area contributed by atoms with E-state index in [0.29, 0.717) is 32.2 Å². The molecule has 0 radical (unpaired) electrons. The van der Waals surface area contributed by atoms with E-state index in [4.69, 9.17) is 46.0 Å². The summed E-state index contributed by atoms with van der Waals surface area (Å²) in [6.45, 7) is 6.29. The highest BCUT2D eigenvalue weighted by molar-refractivity contribution is 6.56. The minimum absolute atomic E-state index is 0.0149. The van der Waals surface area contributed by atoms with Gasteiger partial charge in [-0.3, -0.25) is 38.8 Å². The van der Waals surface area contributed by atoms with Gasteiger partial charge in [0.25, 0.3) is 0 Å². The number of carbonyl (C=O) groups is 6. The van der Waals surface area contributed by atoms with Crippen molar-refractivity contribution in [2.75, 3.05) is 19.6 Å². The summed E-state index contributed by atoms with van der Waals surface area (Å²) in [7, 11) is 0. The van der Waals surface area contributed by atoms with Gasteiger partial charge in [0.1, 0.15) is 12.1 Å². The first-order valence-corrected chi connectivity index (χ1v) is 19.2. The van der Waals surface area contributed by atoms with Gasteiger partial charge in [-0.2, -0.15) is 0 Å². The third-order valence-corrected chi connectivity index (χ3v) is 8.91. The molecule has 0 aromatic rings. The molecule has 304 valence electrons. The van der Waals surface area contributed by atoms with E-state index in [-0.39, 0.29) is 57.1 Å². The van der Waals surface area contributed by atoms with E-state index < -0.39 is 70.5 Å². The Bertz CT molecular complexity index is 1210. The number of alkyl halides is 1. The van der Waals surface area contributed by atoms with Gasteiger partial charge in [0, 0.05) is 19.5 Å². The molecule has 0 saturated carbocycles. The van der Waals surface area contributed by atoms with Gasteiger partial charge in [-0.05, 0) is 63.8 Å². The molecule has 18 heteroatoms. The van der Waals surface area contributed by atoms with E-state index in [9.17, 15) is 28.8 Å². The Morgan fingerprint density at radius 3 is 1.72 bits per heavy atom. The highest BCUT2D eigenvalue weighted by Crippen LogP contribution is 2.14. The lowest BCUT2D eigenvalue weighted by Crippen LogP contribution is -2.58. The van der Waals surface area contributed by atoms with E-state index in [1.807, 2.05) is 0 Å². The molecular formula is C35H66ClN11O6. The lowest BCUT2D eigenvalue weighted by molar-refractivity contribution is -0.139. The largest absolute Gasteiger partial charge is 0.370 e. The average Bonchev–Trinajstić information content (AvgIpc) is 3.10. The first-order valence-electron chi connectivity index (χ1n) is 18.8. The lowest BCUT2D eigenvalue weighted by Gasteiger charge is -2.27. The zero-order valence-corrected chi connectivity index (χ0v) is 32.6. The molecule has 0 aliphatic carbocycles. The summed E-state index contributed by atoms with van der Waals surface area (Å²) in [5.41, 5.74) is 33.2. The highest BCUT2D eigenvalue weighted by atomic mass is 35.5. The van der Waals surface area contributed by atoms with Crippen molar-refractivity contribution in [3.63, 3.8) is 0 Å². The summed E-state index contributed by atoms with van der Waals surface area (Å²) in [5.74, 6) is -5.24. The van der Waals surface area contributed by atoms with Crippen molar-refractivity contribution in [2.45, 2.75) is 147 Å². The van der Waals surface area contributed by atoms with E-state index in [2.05, 4.69) is 32.9 Å². The summed E-state index contributed by atoms with van der Waals surface area (Å²) in [5, 5.41) is 6.15. The molecule has 53 heavy (non-hydrogen) atoms. The van der Waals surface area contributed by atoms with Crippen LogP contribution in [0.2, 0.25) is 0 Å². The molecular weight excluding hydrogens is 706 g/mol. The fourth-order valence-corrected chi connectivity index (χ4v) is 5.62. The predicted molar refractivity (Wildman–Crippen MR) is 209 cm³/mol. The number of hydrogen-bond acceptors (Lipinski definition) is 10. The molecule has 15 N–H and O–H groups in total. The minimum Gasteiger partial charge on any atom is -0.370 e. The number of unbranched alkanes of at least 4 members (excludes halogenated alkanes) is 7. The van der Waals surface area contributed by atoms with Gasteiger partial charge >= 0.3 is 0 Å². The average molecular weight is 772 g/mol. The number of nitrogens with one attached hydrogen (secondary N) is 3. The van der Waals surface area contributed by atoms with Crippen LogP contribution in [0, 0.1) is 5.92 Å². The third-order valence-electron chi connectivity index (χ3n) is 8.50. The standard InChI is InChI=1S/C35H66ClN11O6/c1-4-5-6-7-8-9-10-18-26(48)30(50)27(36)29(49)24(17-14-21-44-35(41)42)45-32(52)25(16-11-12-19-37)46-33(53)28(22(2)3)47-31(51)23(38)15-13-20-43-34(39)40/h22-25,27-28H,4-21,37-38H2,1-3H3,(H,45,52)(H,46,53)(H,47,51)(H4,39,40,43)(H4,41,42,44)/t23-,24-,25-,27?,28-/m0/s1. The Kier molecular flexibility index (Phi) is 26.6. The zero-order valence-electron chi connectivity index (χ0n) is 31.9. The first kappa shape index (κ1) is 49.2. The number of amides is 3. The van der Waals surface area contributed by atoms with Crippen molar-refractivity contribution in [1.29, 1.82) is 0 Å². The maximum atomic E-state index is 13.7. The van der Waals surface area contributed by atoms with E-state index >= 15 is 0 Å². The van der Waals surface area contributed by atoms with Gasteiger partial charge < -0.3 is 50.4 Å². The van der Waals surface area contributed by atoms with Gasteiger partial charge in [0.2, 0.25) is 23.5 Å². The SMILES string of the molecule is CCCCCCCCCC(=O)C(=O)C(Cl)C(=O)[C@H](CCCN=C(N)N)NC(=O)[C@H](CCCCN)NC(=O)[C@@H](NC(=O)[C@@H](N)CCCN=C(N)N)C(C)C. The molecule has 0 aromatic heterocycles.